The molecule has 0 radical (unpaired) electrons. The first-order valence-corrected chi connectivity index (χ1v) is 12.3. The molecule has 1 aromatic carbocycles. The molecule has 0 atom stereocenters. The van der Waals surface area contributed by atoms with Crippen LogP contribution in [-0.4, -0.2) is 34.7 Å². The molecule has 1 fully saturated rings. The lowest BCUT2D eigenvalue weighted by molar-refractivity contribution is 0.344. The summed E-state index contributed by atoms with van der Waals surface area (Å²) in [5.41, 5.74) is 5.27. The van der Waals surface area contributed by atoms with Gasteiger partial charge in [0, 0.05) is 41.5 Å². The molecule has 0 amide bonds. The van der Waals surface area contributed by atoms with Gasteiger partial charge in [0.1, 0.15) is 0 Å². The number of hydrogen-bond donors (Lipinski definition) is 1. The van der Waals surface area contributed by atoms with Crippen molar-refractivity contribution in [3.8, 4) is 22.5 Å². The summed E-state index contributed by atoms with van der Waals surface area (Å²) in [5.74, 6) is 0.609. The number of pyridine rings is 1. The summed E-state index contributed by atoms with van der Waals surface area (Å²) in [7, 11) is 0. The van der Waals surface area contributed by atoms with Crippen LogP contribution in [0.2, 0.25) is 0 Å². The maximum absolute atomic E-state index is 13.4. The predicted octanol–water partition coefficient (Wildman–Crippen LogP) is 4.79. The van der Waals surface area contributed by atoms with Crippen molar-refractivity contribution >= 4 is 0 Å². The Balaban J connectivity index is 1.42. The average molecular weight is 458 g/mol. The first-order valence-electron chi connectivity index (χ1n) is 12.3. The molecule has 1 N–H and O–H groups in total. The Hall–Kier alpha value is -3.55. The third-order valence-electron chi connectivity index (χ3n) is 6.87. The number of hydrogen-bond acceptors (Lipinski definition) is 5. The minimum atomic E-state index is 0.134. The zero-order valence-corrected chi connectivity index (χ0v) is 19.7. The molecule has 5 rings (SSSR count). The van der Waals surface area contributed by atoms with Crippen molar-refractivity contribution < 1.29 is 0 Å². The Bertz CT molecular complexity index is 1270. The number of aromatic amines is 1. The second-order valence-electron chi connectivity index (χ2n) is 9.16. The number of rotatable bonds is 8. The molecule has 176 valence electrons. The highest BCUT2D eigenvalue weighted by atomic mass is 16.1. The average Bonchev–Trinajstić information content (AvgIpc) is 3.53. The van der Waals surface area contributed by atoms with Crippen molar-refractivity contribution in [3.05, 3.63) is 70.7 Å². The van der Waals surface area contributed by atoms with Gasteiger partial charge in [0.05, 0.1) is 6.54 Å². The van der Waals surface area contributed by atoms with E-state index in [4.69, 9.17) is 0 Å². The Morgan fingerprint density at radius 3 is 2.62 bits per heavy atom. The lowest BCUT2D eigenvalue weighted by Gasteiger charge is -2.22. The maximum Gasteiger partial charge on any atom is 0.328 e. The Labute approximate surface area is 199 Å². The molecule has 3 heterocycles. The summed E-state index contributed by atoms with van der Waals surface area (Å²) in [5, 5.41) is 14.3. The van der Waals surface area contributed by atoms with E-state index in [-0.39, 0.29) is 5.69 Å². The van der Waals surface area contributed by atoms with Crippen LogP contribution >= 0.6 is 0 Å². The SMILES string of the molecule is CCCCc1cn(C2CCCCC2)c(=O)n1Cc1ccc(-c2cnccc2-c2nnn[nH]2)cc1. The van der Waals surface area contributed by atoms with Crippen molar-refractivity contribution in [2.75, 3.05) is 0 Å². The molecule has 34 heavy (non-hydrogen) atoms. The van der Waals surface area contributed by atoms with Crippen LogP contribution in [0.4, 0.5) is 0 Å². The summed E-state index contributed by atoms with van der Waals surface area (Å²) < 4.78 is 4.00. The molecule has 4 aromatic rings. The van der Waals surface area contributed by atoms with Crippen LogP contribution in [0.25, 0.3) is 22.5 Å². The van der Waals surface area contributed by atoms with Crippen LogP contribution < -0.4 is 5.69 Å². The summed E-state index contributed by atoms with van der Waals surface area (Å²) in [6.07, 6.45) is 14.8. The monoisotopic (exact) mass is 457 g/mol. The van der Waals surface area contributed by atoms with Gasteiger partial charge >= 0.3 is 5.69 Å². The molecule has 0 saturated heterocycles. The van der Waals surface area contributed by atoms with Crippen LogP contribution in [0.3, 0.4) is 0 Å². The van der Waals surface area contributed by atoms with Gasteiger partial charge in [-0.1, -0.05) is 56.9 Å². The third kappa shape index (κ3) is 4.58. The van der Waals surface area contributed by atoms with Gasteiger partial charge in [0.25, 0.3) is 0 Å². The molecule has 3 aromatic heterocycles. The molecule has 1 aliphatic rings. The van der Waals surface area contributed by atoms with E-state index >= 15 is 0 Å². The van der Waals surface area contributed by atoms with Crippen molar-refractivity contribution in [1.29, 1.82) is 0 Å². The molecular formula is C26H31N7O. The summed E-state index contributed by atoms with van der Waals surface area (Å²) in [4.78, 5) is 17.7. The van der Waals surface area contributed by atoms with E-state index in [1.807, 2.05) is 21.4 Å². The Morgan fingerprint density at radius 1 is 1.06 bits per heavy atom. The Morgan fingerprint density at radius 2 is 1.88 bits per heavy atom. The number of nitrogens with one attached hydrogen (secondary N) is 1. The molecule has 0 aliphatic heterocycles. The minimum absolute atomic E-state index is 0.134. The van der Waals surface area contributed by atoms with Gasteiger partial charge in [-0.3, -0.25) is 14.1 Å². The highest BCUT2D eigenvalue weighted by Gasteiger charge is 2.21. The van der Waals surface area contributed by atoms with E-state index < -0.39 is 0 Å². The molecular weight excluding hydrogens is 426 g/mol. The van der Waals surface area contributed by atoms with Crippen molar-refractivity contribution in [1.82, 2.24) is 34.7 Å². The van der Waals surface area contributed by atoms with Crippen LogP contribution in [0, 0.1) is 0 Å². The maximum atomic E-state index is 13.4. The molecule has 8 heteroatoms. The highest BCUT2D eigenvalue weighted by molar-refractivity contribution is 5.79. The van der Waals surface area contributed by atoms with E-state index in [0.717, 1.165) is 60.1 Å². The fourth-order valence-electron chi connectivity index (χ4n) is 4.97. The first kappa shape index (κ1) is 22.3. The van der Waals surface area contributed by atoms with Crippen molar-refractivity contribution in [2.45, 2.75) is 70.9 Å². The summed E-state index contributed by atoms with van der Waals surface area (Å²) in [6.45, 7) is 2.78. The fourth-order valence-corrected chi connectivity index (χ4v) is 4.97. The van der Waals surface area contributed by atoms with E-state index in [1.54, 1.807) is 6.20 Å². The lowest BCUT2D eigenvalue weighted by Crippen LogP contribution is -2.29. The smallest absolute Gasteiger partial charge is 0.296 e. The summed E-state index contributed by atoms with van der Waals surface area (Å²) >= 11 is 0. The third-order valence-corrected chi connectivity index (χ3v) is 6.87. The molecule has 1 aliphatic carbocycles. The van der Waals surface area contributed by atoms with E-state index in [0.29, 0.717) is 18.4 Å². The molecule has 0 spiro atoms. The number of imidazole rings is 1. The number of benzene rings is 1. The van der Waals surface area contributed by atoms with Crippen LogP contribution in [0.1, 0.15) is 69.2 Å². The second kappa shape index (κ2) is 10.2. The standard InChI is InChI=1S/C26H31N7O/c1-2-3-7-22-18-33(21-8-5-4-6-9-21)26(34)32(22)17-19-10-12-20(13-11-19)24-16-27-15-14-23(24)25-28-30-31-29-25/h10-16,18,21H,2-9,17H2,1H3,(H,28,29,30,31). The number of tetrazole rings is 1. The van der Waals surface area contributed by atoms with Gasteiger partial charge < -0.3 is 0 Å². The van der Waals surface area contributed by atoms with Crippen LogP contribution in [0.5, 0.6) is 0 Å². The fraction of sp³-hybridized carbons (Fsp3) is 0.423. The molecule has 0 bridgehead atoms. The van der Waals surface area contributed by atoms with E-state index in [9.17, 15) is 4.79 Å². The predicted molar refractivity (Wildman–Crippen MR) is 131 cm³/mol. The van der Waals surface area contributed by atoms with Gasteiger partial charge in [0.2, 0.25) is 0 Å². The number of aromatic nitrogens is 7. The quantitative estimate of drug-likeness (QED) is 0.411. The van der Waals surface area contributed by atoms with Crippen LogP contribution in [-0.2, 0) is 13.0 Å². The number of aryl methyl sites for hydroxylation is 1. The van der Waals surface area contributed by atoms with Gasteiger partial charge in [0.15, 0.2) is 5.82 Å². The van der Waals surface area contributed by atoms with Gasteiger partial charge in [-0.2, -0.15) is 0 Å². The second-order valence-corrected chi connectivity index (χ2v) is 9.16. The Kier molecular flexibility index (Phi) is 6.65. The van der Waals surface area contributed by atoms with Gasteiger partial charge in [-0.15, -0.1) is 5.10 Å². The molecule has 8 nitrogen and oxygen atoms in total. The minimum Gasteiger partial charge on any atom is -0.296 e. The topological polar surface area (TPSA) is 94.3 Å². The zero-order valence-electron chi connectivity index (χ0n) is 19.7. The van der Waals surface area contributed by atoms with Crippen molar-refractivity contribution in [2.24, 2.45) is 0 Å². The largest absolute Gasteiger partial charge is 0.328 e. The van der Waals surface area contributed by atoms with Gasteiger partial charge in [-0.25, -0.2) is 9.89 Å². The summed E-state index contributed by atoms with van der Waals surface area (Å²) in [6, 6.07) is 10.6. The normalized spacial score (nSPS) is 14.5. The van der Waals surface area contributed by atoms with E-state index in [2.05, 4.69) is 63.0 Å². The number of H-pyrrole nitrogens is 1. The number of unbranched alkanes of at least 4 members (excludes halogenated alkanes) is 1. The first-order chi connectivity index (χ1) is 16.7. The number of nitrogens with zero attached hydrogens (tertiary/aromatic N) is 6. The van der Waals surface area contributed by atoms with Gasteiger partial charge in [-0.05, 0) is 53.3 Å². The van der Waals surface area contributed by atoms with Crippen LogP contribution in [0.15, 0.2) is 53.7 Å². The van der Waals surface area contributed by atoms with E-state index in [1.165, 1.54) is 19.3 Å². The zero-order chi connectivity index (χ0) is 23.3. The lowest BCUT2D eigenvalue weighted by atomic mass is 9.95. The molecule has 1 saturated carbocycles. The molecule has 0 unspecified atom stereocenters. The van der Waals surface area contributed by atoms with Crippen molar-refractivity contribution in [3.63, 3.8) is 0 Å². The highest BCUT2D eigenvalue weighted by Crippen LogP contribution is 2.30.